The van der Waals surface area contributed by atoms with E-state index in [-0.39, 0.29) is 11.2 Å². The molecule has 3 heterocycles. The molecule has 114 valence electrons. The van der Waals surface area contributed by atoms with E-state index in [4.69, 9.17) is 0 Å². The Morgan fingerprint density at radius 1 is 1.05 bits per heavy atom. The predicted octanol–water partition coefficient (Wildman–Crippen LogP) is -1.62. The molecule has 0 atom stereocenters. The predicted molar refractivity (Wildman–Crippen MR) is 79.3 cm³/mol. The van der Waals surface area contributed by atoms with Gasteiger partial charge in [-0.2, -0.15) is 0 Å². The van der Waals surface area contributed by atoms with Gasteiger partial charge in [-0.15, -0.1) is 0 Å². The molecule has 0 unspecified atom stereocenters. The maximum Gasteiger partial charge on any atom is 0.332 e. The molecule has 2 aromatic rings. The largest absolute Gasteiger partial charge is 0.332 e. The SMILES string of the molecule is Cn1c(=O)c2c(nc(CN3CCNCC3)n2C)n(C)c1=O. The second kappa shape index (κ2) is 5.12. The van der Waals surface area contributed by atoms with Crippen LogP contribution < -0.4 is 16.6 Å². The number of aryl methyl sites for hydroxylation is 2. The number of nitrogens with one attached hydrogen (secondary N) is 1. The summed E-state index contributed by atoms with van der Waals surface area (Å²) in [6, 6.07) is 0. The first-order valence-electron chi connectivity index (χ1n) is 7.05. The van der Waals surface area contributed by atoms with Gasteiger partial charge in [0, 0.05) is 47.3 Å². The van der Waals surface area contributed by atoms with Crippen molar-refractivity contribution in [3.8, 4) is 0 Å². The highest BCUT2D eigenvalue weighted by Crippen LogP contribution is 2.11. The first-order valence-corrected chi connectivity index (χ1v) is 7.05. The molecule has 1 fully saturated rings. The number of nitrogens with zero attached hydrogens (tertiary/aromatic N) is 5. The van der Waals surface area contributed by atoms with Crippen molar-refractivity contribution in [2.75, 3.05) is 26.2 Å². The van der Waals surface area contributed by atoms with Crippen LogP contribution in [-0.2, 0) is 27.7 Å². The Kier molecular flexibility index (Phi) is 3.42. The summed E-state index contributed by atoms with van der Waals surface area (Å²) in [6.07, 6.45) is 0. The summed E-state index contributed by atoms with van der Waals surface area (Å²) in [5.41, 5.74) is 0.287. The molecule has 21 heavy (non-hydrogen) atoms. The standard InChI is InChI=1S/C13H20N6O2/c1-16-9(8-19-6-4-14-5-7-19)15-11-10(16)12(20)18(3)13(21)17(11)2/h14H,4-8H2,1-3H3. The van der Waals surface area contributed by atoms with E-state index in [9.17, 15) is 9.59 Å². The molecule has 0 bridgehead atoms. The molecule has 1 aliphatic rings. The topological polar surface area (TPSA) is 77.1 Å². The van der Waals surface area contributed by atoms with E-state index in [1.165, 1.54) is 11.6 Å². The maximum atomic E-state index is 12.3. The van der Waals surface area contributed by atoms with Crippen LogP contribution in [0.25, 0.3) is 11.2 Å². The van der Waals surface area contributed by atoms with Crippen molar-refractivity contribution < 1.29 is 0 Å². The Morgan fingerprint density at radius 2 is 1.71 bits per heavy atom. The first-order chi connectivity index (χ1) is 10.0. The molecule has 1 saturated heterocycles. The summed E-state index contributed by atoms with van der Waals surface area (Å²) in [7, 11) is 4.97. The number of aromatic nitrogens is 4. The van der Waals surface area contributed by atoms with Gasteiger partial charge >= 0.3 is 5.69 Å². The number of hydrogen-bond donors (Lipinski definition) is 1. The Hall–Kier alpha value is -1.93. The Labute approximate surface area is 121 Å². The molecule has 0 aromatic carbocycles. The van der Waals surface area contributed by atoms with Crippen molar-refractivity contribution in [1.29, 1.82) is 0 Å². The fourth-order valence-corrected chi connectivity index (χ4v) is 2.77. The van der Waals surface area contributed by atoms with Gasteiger partial charge in [0.05, 0.1) is 6.54 Å². The van der Waals surface area contributed by atoms with E-state index in [1.807, 2.05) is 7.05 Å². The molecular weight excluding hydrogens is 272 g/mol. The van der Waals surface area contributed by atoms with Gasteiger partial charge in [-0.05, 0) is 0 Å². The summed E-state index contributed by atoms with van der Waals surface area (Å²) in [4.78, 5) is 31.1. The molecule has 2 aromatic heterocycles. The highest BCUT2D eigenvalue weighted by Gasteiger charge is 2.19. The molecule has 1 N–H and O–H groups in total. The van der Waals surface area contributed by atoms with E-state index in [1.54, 1.807) is 11.6 Å². The lowest BCUT2D eigenvalue weighted by Crippen LogP contribution is -2.43. The van der Waals surface area contributed by atoms with E-state index < -0.39 is 0 Å². The van der Waals surface area contributed by atoms with Gasteiger partial charge in [0.15, 0.2) is 11.2 Å². The number of imidazole rings is 1. The second-order valence-corrected chi connectivity index (χ2v) is 5.49. The molecule has 0 aliphatic carbocycles. The summed E-state index contributed by atoms with van der Waals surface area (Å²) in [5, 5.41) is 3.31. The average molecular weight is 292 g/mol. The Morgan fingerprint density at radius 3 is 2.38 bits per heavy atom. The van der Waals surface area contributed by atoms with Crippen LogP contribution in [0.3, 0.4) is 0 Å². The van der Waals surface area contributed by atoms with Gasteiger partial charge in [-0.25, -0.2) is 9.78 Å². The number of rotatable bonds is 2. The van der Waals surface area contributed by atoms with Crippen LogP contribution in [0.4, 0.5) is 0 Å². The molecule has 3 rings (SSSR count). The van der Waals surface area contributed by atoms with Crippen LogP contribution in [0.15, 0.2) is 9.59 Å². The molecule has 0 radical (unpaired) electrons. The van der Waals surface area contributed by atoms with Crippen molar-refractivity contribution in [2.24, 2.45) is 21.1 Å². The minimum Gasteiger partial charge on any atom is -0.324 e. The second-order valence-electron chi connectivity index (χ2n) is 5.49. The fourth-order valence-electron chi connectivity index (χ4n) is 2.77. The average Bonchev–Trinajstić information content (AvgIpc) is 2.81. The van der Waals surface area contributed by atoms with Gasteiger partial charge in [0.1, 0.15) is 5.82 Å². The summed E-state index contributed by atoms with van der Waals surface area (Å²) in [6.45, 7) is 4.53. The lowest BCUT2D eigenvalue weighted by Gasteiger charge is -2.26. The zero-order chi connectivity index (χ0) is 15.1. The monoisotopic (exact) mass is 292 g/mol. The van der Waals surface area contributed by atoms with Crippen LogP contribution in [-0.4, -0.2) is 49.8 Å². The van der Waals surface area contributed by atoms with Crippen LogP contribution in [0.5, 0.6) is 0 Å². The zero-order valence-corrected chi connectivity index (χ0v) is 12.6. The van der Waals surface area contributed by atoms with E-state index in [0.29, 0.717) is 17.7 Å². The van der Waals surface area contributed by atoms with Crippen molar-refractivity contribution in [1.82, 2.24) is 28.9 Å². The molecule has 8 heteroatoms. The smallest absolute Gasteiger partial charge is 0.324 e. The van der Waals surface area contributed by atoms with E-state index >= 15 is 0 Å². The third-order valence-corrected chi connectivity index (χ3v) is 4.14. The van der Waals surface area contributed by atoms with E-state index in [2.05, 4.69) is 15.2 Å². The summed E-state index contributed by atoms with van der Waals surface area (Å²) in [5.74, 6) is 0.810. The molecule has 8 nitrogen and oxygen atoms in total. The lowest BCUT2D eigenvalue weighted by atomic mass is 10.3. The number of hydrogen-bond acceptors (Lipinski definition) is 5. The van der Waals surface area contributed by atoms with Crippen molar-refractivity contribution in [3.63, 3.8) is 0 Å². The highest BCUT2D eigenvalue weighted by molar-refractivity contribution is 5.70. The Balaban J connectivity index is 2.11. The van der Waals surface area contributed by atoms with Crippen molar-refractivity contribution in [3.05, 3.63) is 26.7 Å². The molecule has 0 saturated carbocycles. The molecule has 0 spiro atoms. The van der Waals surface area contributed by atoms with Crippen molar-refractivity contribution >= 4 is 11.2 Å². The van der Waals surface area contributed by atoms with Gasteiger partial charge < -0.3 is 9.88 Å². The first kappa shape index (κ1) is 14.0. The highest BCUT2D eigenvalue weighted by atomic mass is 16.2. The van der Waals surface area contributed by atoms with Gasteiger partial charge in [-0.3, -0.25) is 18.8 Å². The molecule has 0 amide bonds. The van der Waals surface area contributed by atoms with E-state index in [0.717, 1.165) is 36.6 Å². The van der Waals surface area contributed by atoms with Gasteiger partial charge in [-0.1, -0.05) is 0 Å². The van der Waals surface area contributed by atoms with Crippen LogP contribution in [0.2, 0.25) is 0 Å². The van der Waals surface area contributed by atoms with Crippen molar-refractivity contribution in [2.45, 2.75) is 6.54 Å². The van der Waals surface area contributed by atoms with Crippen LogP contribution >= 0.6 is 0 Å². The minimum atomic E-state index is -0.348. The molecule has 1 aliphatic heterocycles. The third-order valence-electron chi connectivity index (χ3n) is 4.14. The summed E-state index contributed by atoms with van der Waals surface area (Å²) >= 11 is 0. The number of piperazine rings is 1. The minimum absolute atomic E-state index is 0.297. The summed E-state index contributed by atoms with van der Waals surface area (Å²) < 4.78 is 4.36. The lowest BCUT2D eigenvalue weighted by molar-refractivity contribution is 0.226. The maximum absolute atomic E-state index is 12.3. The van der Waals surface area contributed by atoms with Crippen LogP contribution in [0.1, 0.15) is 5.82 Å². The van der Waals surface area contributed by atoms with Crippen LogP contribution in [0, 0.1) is 0 Å². The quantitative estimate of drug-likeness (QED) is 0.719. The Bertz CT molecular complexity index is 794. The fraction of sp³-hybridized carbons (Fsp3) is 0.615. The zero-order valence-electron chi connectivity index (χ0n) is 12.6. The molecular formula is C13H20N6O2. The third kappa shape index (κ3) is 2.20. The van der Waals surface area contributed by atoms with Gasteiger partial charge in [0.25, 0.3) is 5.56 Å². The number of fused-ring (bicyclic) bond motifs is 1. The van der Waals surface area contributed by atoms with Gasteiger partial charge in [0.2, 0.25) is 0 Å². The normalized spacial score (nSPS) is 16.7.